The average Bonchev–Trinajstić information content (AvgIpc) is 2.75. The van der Waals surface area contributed by atoms with Crippen molar-refractivity contribution in [3.63, 3.8) is 0 Å². The van der Waals surface area contributed by atoms with E-state index in [2.05, 4.69) is 34.1 Å². The van der Waals surface area contributed by atoms with Crippen LogP contribution in [0.3, 0.4) is 0 Å². The lowest BCUT2D eigenvalue weighted by Gasteiger charge is -2.43. The van der Waals surface area contributed by atoms with E-state index >= 15 is 0 Å². The van der Waals surface area contributed by atoms with E-state index in [1.807, 2.05) is 55.5 Å². The number of halogens is 2. The molecule has 0 aromatic heterocycles. The number of piperazine rings is 1. The van der Waals surface area contributed by atoms with Crippen LogP contribution >= 0.6 is 23.2 Å². The summed E-state index contributed by atoms with van der Waals surface area (Å²) < 4.78 is 0. The molecule has 4 rings (SSSR count). The van der Waals surface area contributed by atoms with Crippen molar-refractivity contribution in [3.05, 3.63) is 99.5 Å². The van der Waals surface area contributed by atoms with E-state index in [1.165, 1.54) is 0 Å². The van der Waals surface area contributed by atoms with Crippen molar-refractivity contribution >= 4 is 34.7 Å². The molecule has 3 aromatic carbocycles. The van der Waals surface area contributed by atoms with Crippen LogP contribution in [0.25, 0.3) is 0 Å². The highest BCUT2D eigenvalue weighted by Gasteiger charge is 2.30. The fourth-order valence-electron chi connectivity index (χ4n) is 4.00. The molecule has 0 amide bonds. The minimum Gasteiger partial charge on any atom is -0.361 e. The zero-order chi connectivity index (χ0) is 21.1. The van der Waals surface area contributed by atoms with E-state index < -0.39 is 0 Å². The summed E-state index contributed by atoms with van der Waals surface area (Å²) in [7, 11) is 0. The minimum atomic E-state index is 0.0831. The summed E-state index contributed by atoms with van der Waals surface area (Å²) in [6.45, 7) is 4.78. The zero-order valence-electron chi connectivity index (χ0n) is 16.9. The fourth-order valence-corrected chi connectivity index (χ4v) is 4.47. The number of carbonyl (C=O) groups is 1. The highest BCUT2D eigenvalue weighted by atomic mass is 35.5. The van der Waals surface area contributed by atoms with Crippen molar-refractivity contribution in [2.75, 3.05) is 31.1 Å². The minimum absolute atomic E-state index is 0.0831. The van der Waals surface area contributed by atoms with Gasteiger partial charge in [0, 0.05) is 30.2 Å². The van der Waals surface area contributed by atoms with Crippen LogP contribution in [0.4, 0.5) is 5.69 Å². The molecule has 0 saturated carbocycles. The lowest BCUT2D eigenvalue weighted by Crippen LogP contribution is -2.50. The molecular weight excluding hydrogens is 415 g/mol. The van der Waals surface area contributed by atoms with Crippen molar-refractivity contribution in [1.29, 1.82) is 0 Å². The number of aryl methyl sites for hydroxylation is 1. The smallest absolute Gasteiger partial charge is 0.176 e. The van der Waals surface area contributed by atoms with Gasteiger partial charge in [0.25, 0.3) is 0 Å². The van der Waals surface area contributed by atoms with Crippen LogP contribution in [-0.4, -0.2) is 36.9 Å². The standard InChI is InChI=1S/C25H24Cl2N2O/c1-18-7-12-23(22(27)15-18)29-14-13-28(17-25(30)20-5-3-2-4-6-20)16-24(29)19-8-10-21(26)11-9-19/h2-12,15,24H,13-14,16-17H2,1H3. The summed E-state index contributed by atoms with van der Waals surface area (Å²) in [6.07, 6.45) is 0. The van der Waals surface area contributed by atoms with E-state index in [9.17, 15) is 4.79 Å². The third-order valence-electron chi connectivity index (χ3n) is 5.59. The summed E-state index contributed by atoms with van der Waals surface area (Å²) in [5.41, 5.74) is 4.08. The van der Waals surface area contributed by atoms with Gasteiger partial charge in [-0.2, -0.15) is 0 Å². The number of benzene rings is 3. The third-order valence-corrected chi connectivity index (χ3v) is 6.15. The summed E-state index contributed by atoms with van der Waals surface area (Å²) in [5, 5.41) is 1.47. The van der Waals surface area contributed by atoms with Crippen LogP contribution in [0.1, 0.15) is 27.5 Å². The van der Waals surface area contributed by atoms with Crippen molar-refractivity contribution in [3.8, 4) is 0 Å². The first-order valence-corrected chi connectivity index (χ1v) is 10.9. The molecule has 1 heterocycles. The predicted molar refractivity (Wildman–Crippen MR) is 125 cm³/mol. The van der Waals surface area contributed by atoms with Gasteiger partial charge in [-0.15, -0.1) is 0 Å². The van der Waals surface area contributed by atoms with Gasteiger partial charge in [-0.25, -0.2) is 0 Å². The normalized spacial score (nSPS) is 17.2. The van der Waals surface area contributed by atoms with E-state index in [0.29, 0.717) is 11.6 Å². The molecule has 0 N–H and O–H groups in total. The molecule has 1 atom stereocenters. The van der Waals surface area contributed by atoms with Gasteiger partial charge in [0.15, 0.2) is 5.78 Å². The lowest BCUT2D eigenvalue weighted by molar-refractivity contribution is 0.0914. The first-order valence-electron chi connectivity index (χ1n) is 10.1. The van der Waals surface area contributed by atoms with Gasteiger partial charge < -0.3 is 4.90 Å². The Morgan fingerprint density at radius 2 is 1.70 bits per heavy atom. The number of nitrogens with zero attached hydrogens (tertiary/aromatic N) is 2. The van der Waals surface area contributed by atoms with Gasteiger partial charge in [0.1, 0.15) is 0 Å². The van der Waals surface area contributed by atoms with Crippen LogP contribution in [0.5, 0.6) is 0 Å². The van der Waals surface area contributed by atoms with Gasteiger partial charge >= 0.3 is 0 Å². The molecule has 5 heteroatoms. The van der Waals surface area contributed by atoms with Crippen LogP contribution in [0, 0.1) is 6.92 Å². The van der Waals surface area contributed by atoms with Crippen LogP contribution in [-0.2, 0) is 0 Å². The largest absolute Gasteiger partial charge is 0.361 e. The fraction of sp³-hybridized carbons (Fsp3) is 0.240. The lowest BCUT2D eigenvalue weighted by atomic mass is 10.0. The van der Waals surface area contributed by atoms with Crippen LogP contribution in [0.2, 0.25) is 10.0 Å². The highest BCUT2D eigenvalue weighted by molar-refractivity contribution is 6.33. The molecule has 1 aliphatic rings. The molecule has 1 unspecified atom stereocenters. The zero-order valence-corrected chi connectivity index (χ0v) is 18.4. The molecule has 1 aliphatic heterocycles. The van der Waals surface area contributed by atoms with Gasteiger partial charge in [-0.3, -0.25) is 9.69 Å². The van der Waals surface area contributed by atoms with E-state index in [1.54, 1.807) is 0 Å². The Hall–Kier alpha value is -2.33. The van der Waals surface area contributed by atoms with Gasteiger partial charge in [-0.1, -0.05) is 71.7 Å². The molecule has 3 aromatic rings. The Bertz CT molecular complexity index is 1020. The Labute approximate surface area is 187 Å². The van der Waals surface area contributed by atoms with E-state index in [0.717, 1.165) is 47.0 Å². The molecule has 30 heavy (non-hydrogen) atoms. The second-order valence-corrected chi connectivity index (χ2v) is 8.58. The Morgan fingerprint density at radius 1 is 0.967 bits per heavy atom. The molecule has 0 radical (unpaired) electrons. The molecule has 3 nitrogen and oxygen atoms in total. The topological polar surface area (TPSA) is 23.6 Å². The molecular formula is C25H24Cl2N2O. The first kappa shape index (κ1) is 20.9. The molecule has 1 fully saturated rings. The van der Waals surface area contributed by atoms with Crippen molar-refractivity contribution < 1.29 is 4.79 Å². The molecule has 0 spiro atoms. The Kier molecular flexibility index (Phi) is 6.43. The summed E-state index contributed by atoms with van der Waals surface area (Å²) in [4.78, 5) is 17.3. The monoisotopic (exact) mass is 438 g/mol. The number of carbonyl (C=O) groups excluding carboxylic acids is 1. The first-order chi connectivity index (χ1) is 14.5. The third kappa shape index (κ3) is 4.70. The molecule has 0 bridgehead atoms. The maximum absolute atomic E-state index is 12.8. The summed E-state index contributed by atoms with van der Waals surface area (Å²) in [5.74, 6) is 0.146. The maximum Gasteiger partial charge on any atom is 0.176 e. The Balaban J connectivity index is 1.60. The highest BCUT2D eigenvalue weighted by Crippen LogP contribution is 2.36. The van der Waals surface area contributed by atoms with Crippen molar-refractivity contribution in [1.82, 2.24) is 4.90 Å². The van der Waals surface area contributed by atoms with Crippen LogP contribution < -0.4 is 4.90 Å². The second kappa shape index (κ2) is 9.22. The molecule has 1 saturated heterocycles. The van der Waals surface area contributed by atoms with Gasteiger partial charge in [0.2, 0.25) is 0 Å². The Morgan fingerprint density at radius 3 is 2.40 bits per heavy atom. The summed E-state index contributed by atoms with van der Waals surface area (Å²) >= 11 is 12.7. The van der Waals surface area contributed by atoms with E-state index in [-0.39, 0.29) is 11.8 Å². The number of hydrogen-bond donors (Lipinski definition) is 0. The maximum atomic E-state index is 12.8. The quantitative estimate of drug-likeness (QED) is 0.453. The van der Waals surface area contributed by atoms with Gasteiger partial charge in [-0.05, 0) is 42.3 Å². The predicted octanol–water partition coefficient (Wildman–Crippen LogP) is 6.05. The number of rotatable bonds is 5. The van der Waals surface area contributed by atoms with Crippen LogP contribution in [0.15, 0.2) is 72.8 Å². The number of hydrogen-bond acceptors (Lipinski definition) is 3. The average molecular weight is 439 g/mol. The molecule has 0 aliphatic carbocycles. The SMILES string of the molecule is Cc1ccc(N2CCN(CC(=O)c3ccccc3)CC2c2ccc(Cl)cc2)c(Cl)c1. The van der Waals surface area contributed by atoms with E-state index in [4.69, 9.17) is 23.2 Å². The van der Waals surface area contributed by atoms with Crippen molar-refractivity contribution in [2.45, 2.75) is 13.0 Å². The summed E-state index contributed by atoms with van der Waals surface area (Å²) in [6, 6.07) is 23.7. The molecule has 154 valence electrons. The van der Waals surface area contributed by atoms with Gasteiger partial charge in [0.05, 0.1) is 23.3 Å². The number of ketones is 1. The number of anilines is 1. The number of Topliss-reactive ketones (excluding diaryl/α,β-unsaturated/α-hetero) is 1. The second-order valence-electron chi connectivity index (χ2n) is 7.74. The van der Waals surface area contributed by atoms with Crippen molar-refractivity contribution in [2.24, 2.45) is 0 Å².